The molecule has 0 aromatic heterocycles. The molecule has 0 aliphatic carbocycles. The summed E-state index contributed by atoms with van der Waals surface area (Å²) >= 11 is 0. The molecule has 1 N–H and O–H groups in total. The highest BCUT2D eigenvalue weighted by molar-refractivity contribution is 5.66. The third-order valence-electron chi connectivity index (χ3n) is 2.02. The molecule has 0 saturated heterocycles. The van der Waals surface area contributed by atoms with Crippen LogP contribution >= 0.6 is 0 Å². The van der Waals surface area contributed by atoms with E-state index in [2.05, 4.69) is 6.58 Å². The number of ether oxygens (including phenoxy) is 2. The van der Waals surface area contributed by atoms with E-state index in [9.17, 15) is 4.79 Å². The summed E-state index contributed by atoms with van der Waals surface area (Å²) in [7, 11) is 0. The number of carbonyl (C=O) groups is 1. The molecule has 0 heterocycles. The van der Waals surface area contributed by atoms with Gasteiger partial charge in [-0.25, -0.2) is 0 Å². The van der Waals surface area contributed by atoms with Crippen LogP contribution in [-0.2, 0) is 9.53 Å². The van der Waals surface area contributed by atoms with Crippen molar-refractivity contribution in [2.75, 3.05) is 0 Å². The molecule has 1 aromatic carbocycles. The number of benzene rings is 1. The van der Waals surface area contributed by atoms with Crippen LogP contribution in [0.4, 0.5) is 0 Å². The standard InChI is InChI=1S/C13H16O4/c1-4-13(17-10(3)15)11-5-7-12(8-6-11)16-9(2)14/h4-9,13-14H,1H2,2-3H3. The van der Waals surface area contributed by atoms with Gasteiger partial charge in [0.1, 0.15) is 11.9 Å². The number of hydrogen-bond acceptors (Lipinski definition) is 4. The van der Waals surface area contributed by atoms with E-state index in [1.54, 1.807) is 30.3 Å². The summed E-state index contributed by atoms with van der Waals surface area (Å²) in [5, 5.41) is 9.04. The molecule has 0 amide bonds. The lowest BCUT2D eigenvalue weighted by molar-refractivity contribution is -0.144. The SMILES string of the molecule is C=CC(OC(C)=O)c1ccc(OC(C)O)cc1. The van der Waals surface area contributed by atoms with Crippen LogP contribution in [0.25, 0.3) is 0 Å². The first-order chi connectivity index (χ1) is 8.02. The van der Waals surface area contributed by atoms with Gasteiger partial charge in [-0.2, -0.15) is 0 Å². The van der Waals surface area contributed by atoms with Crippen molar-refractivity contribution in [1.82, 2.24) is 0 Å². The van der Waals surface area contributed by atoms with Crippen molar-refractivity contribution in [1.29, 1.82) is 0 Å². The van der Waals surface area contributed by atoms with Crippen LogP contribution in [0.3, 0.4) is 0 Å². The summed E-state index contributed by atoms with van der Waals surface area (Å²) in [6, 6.07) is 6.91. The zero-order valence-electron chi connectivity index (χ0n) is 9.92. The fraction of sp³-hybridized carbons (Fsp3) is 0.308. The van der Waals surface area contributed by atoms with Crippen molar-refractivity contribution in [2.45, 2.75) is 26.2 Å². The minimum atomic E-state index is -0.857. The van der Waals surface area contributed by atoms with Crippen LogP contribution in [-0.4, -0.2) is 17.4 Å². The number of aliphatic hydroxyl groups is 1. The molecular weight excluding hydrogens is 220 g/mol. The Morgan fingerprint density at radius 3 is 2.41 bits per heavy atom. The molecule has 0 fully saturated rings. The van der Waals surface area contributed by atoms with E-state index < -0.39 is 12.4 Å². The predicted octanol–water partition coefficient (Wildman–Crippen LogP) is 2.19. The van der Waals surface area contributed by atoms with E-state index in [1.165, 1.54) is 13.8 Å². The second-order valence-electron chi connectivity index (χ2n) is 3.55. The van der Waals surface area contributed by atoms with Gasteiger partial charge in [-0.1, -0.05) is 18.7 Å². The lowest BCUT2D eigenvalue weighted by Gasteiger charge is -2.14. The zero-order chi connectivity index (χ0) is 12.8. The second kappa shape index (κ2) is 6.06. The monoisotopic (exact) mass is 236 g/mol. The number of carbonyl (C=O) groups excluding carboxylic acids is 1. The maximum atomic E-state index is 10.9. The molecule has 2 unspecified atom stereocenters. The van der Waals surface area contributed by atoms with E-state index in [0.717, 1.165) is 5.56 Å². The molecular formula is C13H16O4. The van der Waals surface area contributed by atoms with Crippen molar-refractivity contribution < 1.29 is 19.4 Å². The Hall–Kier alpha value is -1.81. The third-order valence-corrected chi connectivity index (χ3v) is 2.02. The van der Waals surface area contributed by atoms with Crippen LogP contribution in [0.5, 0.6) is 5.75 Å². The Morgan fingerprint density at radius 1 is 1.41 bits per heavy atom. The average Bonchev–Trinajstić information content (AvgIpc) is 2.26. The molecule has 0 bridgehead atoms. The minimum Gasteiger partial charge on any atom is -0.465 e. The van der Waals surface area contributed by atoms with Gasteiger partial charge in [0.25, 0.3) is 0 Å². The van der Waals surface area contributed by atoms with Gasteiger partial charge in [0.05, 0.1) is 0 Å². The molecule has 1 rings (SSSR count). The first-order valence-electron chi connectivity index (χ1n) is 5.27. The summed E-state index contributed by atoms with van der Waals surface area (Å²) in [6.07, 6.45) is 0.226. The van der Waals surface area contributed by atoms with Crippen LogP contribution < -0.4 is 4.74 Å². The predicted molar refractivity (Wildman–Crippen MR) is 63.5 cm³/mol. The average molecular weight is 236 g/mol. The summed E-state index contributed by atoms with van der Waals surface area (Å²) in [5.41, 5.74) is 0.799. The molecule has 1 aromatic rings. The fourth-order valence-electron chi connectivity index (χ4n) is 1.36. The van der Waals surface area contributed by atoms with Crippen LogP contribution in [0.15, 0.2) is 36.9 Å². The molecule has 0 saturated carbocycles. The zero-order valence-corrected chi connectivity index (χ0v) is 9.92. The van der Waals surface area contributed by atoms with Gasteiger partial charge in [0, 0.05) is 6.92 Å². The molecule has 0 spiro atoms. The molecule has 4 nitrogen and oxygen atoms in total. The first-order valence-corrected chi connectivity index (χ1v) is 5.27. The minimum absolute atomic E-state index is 0.362. The van der Waals surface area contributed by atoms with Gasteiger partial charge < -0.3 is 14.6 Å². The van der Waals surface area contributed by atoms with Gasteiger partial charge in [0.2, 0.25) is 0 Å². The van der Waals surface area contributed by atoms with Gasteiger partial charge in [0.15, 0.2) is 6.29 Å². The van der Waals surface area contributed by atoms with Gasteiger partial charge >= 0.3 is 5.97 Å². The highest BCUT2D eigenvalue weighted by Gasteiger charge is 2.10. The van der Waals surface area contributed by atoms with E-state index in [4.69, 9.17) is 14.6 Å². The second-order valence-corrected chi connectivity index (χ2v) is 3.55. The molecule has 92 valence electrons. The summed E-state index contributed by atoms with van der Waals surface area (Å²) in [4.78, 5) is 10.9. The molecule has 17 heavy (non-hydrogen) atoms. The van der Waals surface area contributed by atoms with E-state index >= 15 is 0 Å². The highest BCUT2D eigenvalue weighted by atomic mass is 16.6. The Bertz CT molecular complexity index is 381. The van der Waals surface area contributed by atoms with Crippen molar-refractivity contribution in [3.05, 3.63) is 42.5 Å². The maximum Gasteiger partial charge on any atom is 0.303 e. The molecule has 4 heteroatoms. The van der Waals surface area contributed by atoms with Gasteiger partial charge in [-0.15, -0.1) is 0 Å². The number of esters is 1. The van der Waals surface area contributed by atoms with Crippen molar-refractivity contribution >= 4 is 5.97 Å². The Morgan fingerprint density at radius 2 is 2.00 bits per heavy atom. The number of aliphatic hydroxyl groups excluding tert-OH is 1. The first kappa shape index (κ1) is 13.3. The van der Waals surface area contributed by atoms with Gasteiger partial charge in [-0.05, 0) is 30.7 Å². The molecule has 0 radical (unpaired) electrons. The van der Waals surface area contributed by atoms with Crippen molar-refractivity contribution in [3.8, 4) is 5.75 Å². The molecule has 0 aliphatic rings. The van der Waals surface area contributed by atoms with E-state index in [0.29, 0.717) is 5.75 Å². The molecule has 0 aliphatic heterocycles. The lowest BCUT2D eigenvalue weighted by Crippen LogP contribution is -2.10. The Labute approximate surface area is 100 Å². The lowest BCUT2D eigenvalue weighted by atomic mass is 10.1. The Balaban J connectivity index is 2.77. The smallest absolute Gasteiger partial charge is 0.303 e. The van der Waals surface area contributed by atoms with Crippen molar-refractivity contribution in [2.24, 2.45) is 0 Å². The Kier molecular flexibility index (Phi) is 4.72. The topological polar surface area (TPSA) is 55.8 Å². The van der Waals surface area contributed by atoms with E-state index in [-0.39, 0.29) is 5.97 Å². The van der Waals surface area contributed by atoms with Crippen molar-refractivity contribution in [3.63, 3.8) is 0 Å². The summed E-state index contributed by atoms with van der Waals surface area (Å²) in [5.74, 6) is 0.189. The molecule has 2 atom stereocenters. The van der Waals surface area contributed by atoms with Crippen LogP contribution in [0, 0.1) is 0 Å². The van der Waals surface area contributed by atoms with Gasteiger partial charge in [-0.3, -0.25) is 4.79 Å². The largest absolute Gasteiger partial charge is 0.465 e. The highest BCUT2D eigenvalue weighted by Crippen LogP contribution is 2.22. The number of hydrogen-bond donors (Lipinski definition) is 1. The van der Waals surface area contributed by atoms with Crippen LogP contribution in [0.2, 0.25) is 0 Å². The summed E-state index contributed by atoms with van der Waals surface area (Å²) < 4.78 is 10.1. The normalized spacial score (nSPS) is 13.6. The fourth-order valence-corrected chi connectivity index (χ4v) is 1.36. The third kappa shape index (κ3) is 4.28. The maximum absolute atomic E-state index is 10.9. The quantitative estimate of drug-likeness (QED) is 0.483. The van der Waals surface area contributed by atoms with E-state index in [1.807, 2.05) is 0 Å². The summed E-state index contributed by atoms with van der Waals surface area (Å²) in [6.45, 7) is 6.49. The van der Waals surface area contributed by atoms with Crippen LogP contribution in [0.1, 0.15) is 25.5 Å². The number of rotatable bonds is 5.